The van der Waals surface area contributed by atoms with E-state index in [-0.39, 0.29) is 0 Å². The van der Waals surface area contributed by atoms with Crippen molar-refractivity contribution in [2.45, 2.75) is 34.6 Å². The first-order valence-corrected chi connectivity index (χ1v) is 7.01. The van der Waals surface area contributed by atoms with Crippen LogP contribution in [0.2, 0.25) is 0 Å². The van der Waals surface area contributed by atoms with Crippen LogP contribution in [0.1, 0.15) is 27.8 Å². The Morgan fingerprint density at radius 3 is 2.00 bits per heavy atom. The number of aryl methyl sites for hydroxylation is 5. The molecule has 0 spiro atoms. The Bertz CT molecular complexity index is 748. The zero-order valence-corrected chi connectivity index (χ0v) is 12.8. The van der Waals surface area contributed by atoms with Gasteiger partial charge in [-0.05, 0) is 69.0 Å². The van der Waals surface area contributed by atoms with Gasteiger partial charge in [0, 0.05) is 5.56 Å². The highest BCUT2D eigenvalue weighted by Crippen LogP contribution is 2.28. The summed E-state index contributed by atoms with van der Waals surface area (Å²) in [5, 5.41) is 0. The van der Waals surface area contributed by atoms with Gasteiger partial charge in [-0.1, -0.05) is 17.7 Å². The molecule has 102 valence electrons. The molecule has 2 aromatic carbocycles. The Labute approximate surface area is 119 Å². The molecular weight excluding hydrogens is 244 g/mol. The van der Waals surface area contributed by atoms with Crippen LogP contribution in [0.25, 0.3) is 22.4 Å². The number of imidazole rings is 1. The van der Waals surface area contributed by atoms with E-state index in [9.17, 15) is 0 Å². The number of benzene rings is 2. The van der Waals surface area contributed by atoms with Crippen LogP contribution < -0.4 is 0 Å². The third-order valence-electron chi connectivity index (χ3n) is 4.01. The molecule has 0 radical (unpaired) electrons. The predicted octanol–water partition coefficient (Wildman–Crippen LogP) is 4.77. The predicted molar refractivity (Wildman–Crippen MR) is 85.2 cm³/mol. The molecule has 3 rings (SSSR count). The molecule has 20 heavy (non-hydrogen) atoms. The van der Waals surface area contributed by atoms with Crippen LogP contribution in [-0.2, 0) is 0 Å². The molecular formula is C18H20N2. The number of H-pyrrole nitrogens is 1. The molecule has 0 aliphatic rings. The van der Waals surface area contributed by atoms with Crippen molar-refractivity contribution in [2.24, 2.45) is 0 Å². The Hall–Kier alpha value is -2.09. The number of rotatable bonds is 1. The summed E-state index contributed by atoms with van der Waals surface area (Å²) in [5.41, 5.74) is 9.81. The highest BCUT2D eigenvalue weighted by Gasteiger charge is 2.11. The number of nitrogens with one attached hydrogen (secondary N) is 1. The molecule has 0 saturated heterocycles. The van der Waals surface area contributed by atoms with E-state index in [1.165, 1.54) is 33.4 Å². The summed E-state index contributed by atoms with van der Waals surface area (Å²) in [5.74, 6) is 0.972. The van der Waals surface area contributed by atoms with Gasteiger partial charge < -0.3 is 4.98 Å². The molecule has 2 heteroatoms. The maximum Gasteiger partial charge on any atom is 0.139 e. The quantitative estimate of drug-likeness (QED) is 0.673. The van der Waals surface area contributed by atoms with Crippen molar-refractivity contribution in [2.75, 3.05) is 0 Å². The first kappa shape index (κ1) is 12.9. The Morgan fingerprint density at radius 1 is 0.750 bits per heavy atom. The fourth-order valence-corrected chi connectivity index (χ4v) is 2.94. The molecule has 0 saturated carbocycles. The minimum Gasteiger partial charge on any atom is -0.338 e. The van der Waals surface area contributed by atoms with E-state index in [1.54, 1.807) is 0 Å². The molecule has 0 bridgehead atoms. The van der Waals surface area contributed by atoms with E-state index in [0.29, 0.717) is 0 Å². The molecule has 0 atom stereocenters. The van der Waals surface area contributed by atoms with E-state index < -0.39 is 0 Å². The van der Waals surface area contributed by atoms with Gasteiger partial charge in [-0.3, -0.25) is 0 Å². The lowest BCUT2D eigenvalue weighted by molar-refractivity contribution is 1.25. The topological polar surface area (TPSA) is 28.7 Å². The van der Waals surface area contributed by atoms with E-state index in [2.05, 4.69) is 63.9 Å². The van der Waals surface area contributed by atoms with Gasteiger partial charge in [0.05, 0.1) is 11.0 Å². The Morgan fingerprint density at radius 2 is 1.35 bits per heavy atom. The first-order valence-electron chi connectivity index (χ1n) is 7.01. The smallest absolute Gasteiger partial charge is 0.139 e. The summed E-state index contributed by atoms with van der Waals surface area (Å²) in [7, 11) is 0. The van der Waals surface area contributed by atoms with Crippen LogP contribution in [0.15, 0.2) is 24.3 Å². The van der Waals surface area contributed by atoms with Gasteiger partial charge in [-0.25, -0.2) is 4.98 Å². The summed E-state index contributed by atoms with van der Waals surface area (Å²) >= 11 is 0. The van der Waals surface area contributed by atoms with Gasteiger partial charge in [0.15, 0.2) is 0 Å². The third kappa shape index (κ3) is 2.01. The molecule has 0 amide bonds. The largest absolute Gasteiger partial charge is 0.338 e. The second-order valence-electron chi connectivity index (χ2n) is 5.81. The molecule has 3 aromatic rings. The molecule has 2 nitrogen and oxygen atoms in total. The minimum absolute atomic E-state index is 0.972. The van der Waals surface area contributed by atoms with Gasteiger partial charge in [-0.2, -0.15) is 0 Å². The van der Waals surface area contributed by atoms with Crippen LogP contribution >= 0.6 is 0 Å². The second kappa shape index (κ2) is 4.48. The van der Waals surface area contributed by atoms with E-state index >= 15 is 0 Å². The monoisotopic (exact) mass is 264 g/mol. The molecule has 0 aliphatic heterocycles. The SMILES string of the molecule is Cc1cc(C)c(-c2nc3cc(C)c(C)cc3[nH]2)c(C)c1. The van der Waals surface area contributed by atoms with Crippen LogP contribution in [0.3, 0.4) is 0 Å². The van der Waals surface area contributed by atoms with Crippen molar-refractivity contribution < 1.29 is 0 Å². The molecule has 0 aliphatic carbocycles. The molecule has 1 N–H and O–H groups in total. The van der Waals surface area contributed by atoms with Crippen molar-refractivity contribution >= 4 is 11.0 Å². The Balaban J connectivity index is 2.25. The Kier molecular flexibility index (Phi) is 2.89. The van der Waals surface area contributed by atoms with Crippen LogP contribution in [-0.4, -0.2) is 9.97 Å². The summed E-state index contributed by atoms with van der Waals surface area (Å²) in [6, 6.07) is 8.77. The van der Waals surface area contributed by atoms with Gasteiger partial charge in [0.2, 0.25) is 0 Å². The van der Waals surface area contributed by atoms with Crippen molar-refractivity contribution in [3.05, 3.63) is 52.1 Å². The average Bonchev–Trinajstić information content (AvgIpc) is 2.70. The fraction of sp³-hybridized carbons (Fsp3) is 0.278. The maximum absolute atomic E-state index is 4.78. The highest BCUT2D eigenvalue weighted by molar-refractivity contribution is 5.82. The number of hydrogen-bond acceptors (Lipinski definition) is 1. The highest BCUT2D eigenvalue weighted by atomic mass is 14.9. The lowest BCUT2D eigenvalue weighted by Crippen LogP contribution is -1.91. The van der Waals surface area contributed by atoms with Crippen molar-refractivity contribution in [1.29, 1.82) is 0 Å². The minimum atomic E-state index is 0.972. The number of nitrogens with zero attached hydrogens (tertiary/aromatic N) is 1. The summed E-state index contributed by atoms with van der Waals surface area (Å²) in [4.78, 5) is 8.25. The number of hydrogen-bond donors (Lipinski definition) is 1. The second-order valence-corrected chi connectivity index (χ2v) is 5.81. The zero-order valence-electron chi connectivity index (χ0n) is 12.8. The van der Waals surface area contributed by atoms with Gasteiger partial charge in [0.1, 0.15) is 5.82 Å². The van der Waals surface area contributed by atoms with Crippen LogP contribution in [0.5, 0.6) is 0 Å². The van der Waals surface area contributed by atoms with Crippen molar-refractivity contribution in [3.8, 4) is 11.4 Å². The van der Waals surface area contributed by atoms with Crippen LogP contribution in [0.4, 0.5) is 0 Å². The van der Waals surface area contributed by atoms with Crippen molar-refractivity contribution in [1.82, 2.24) is 9.97 Å². The summed E-state index contributed by atoms with van der Waals surface area (Å²) < 4.78 is 0. The van der Waals surface area contributed by atoms with E-state index in [1.807, 2.05) is 0 Å². The number of aromatic amines is 1. The molecule has 1 aromatic heterocycles. The lowest BCUT2D eigenvalue weighted by atomic mass is 9.99. The van der Waals surface area contributed by atoms with E-state index in [4.69, 9.17) is 4.98 Å². The normalized spacial score (nSPS) is 11.2. The standard InChI is InChI=1S/C18H20N2/c1-10-6-13(4)17(14(5)7-10)18-19-15-8-11(2)12(3)9-16(15)20-18/h6-9H,1-5H3,(H,19,20). The summed E-state index contributed by atoms with van der Waals surface area (Å²) in [6.07, 6.45) is 0. The molecule has 1 heterocycles. The summed E-state index contributed by atoms with van der Waals surface area (Å²) in [6.45, 7) is 10.7. The van der Waals surface area contributed by atoms with E-state index in [0.717, 1.165) is 16.9 Å². The lowest BCUT2D eigenvalue weighted by Gasteiger charge is -2.08. The number of fused-ring (bicyclic) bond motifs is 1. The fourth-order valence-electron chi connectivity index (χ4n) is 2.94. The van der Waals surface area contributed by atoms with Gasteiger partial charge in [-0.15, -0.1) is 0 Å². The molecule has 0 unspecified atom stereocenters. The van der Waals surface area contributed by atoms with Crippen molar-refractivity contribution in [3.63, 3.8) is 0 Å². The van der Waals surface area contributed by atoms with Gasteiger partial charge >= 0.3 is 0 Å². The molecule has 0 fully saturated rings. The third-order valence-corrected chi connectivity index (χ3v) is 4.01. The first-order chi connectivity index (χ1) is 9.45. The maximum atomic E-state index is 4.78. The van der Waals surface area contributed by atoms with Crippen LogP contribution in [0, 0.1) is 34.6 Å². The zero-order chi connectivity index (χ0) is 14.4. The van der Waals surface area contributed by atoms with Gasteiger partial charge in [0.25, 0.3) is 0 Å². The number of aromatic nitrogens is 2. The average molecular weight is 264 g/mol.